The van der Waals surface area contributed by atoms with Crippen LogP contribution < -0.4 is 0 Å². The van der Waals surface area contributed by atoms with Gasteiger partial charge in [0.15, 0.2) is 0 Å². The number of benzene rings is 1. The van der Waals surface area contributed by atoms with Crippen molar-refractivity contribution in [1.29, 1.82) is 10.5 Å². The largest absolute Gasteiger partial charge is 0.443 e. The van der Waals surface area contributed by atoms with Crippen LogP contribution in [0.4, 0.5) is 0 Å². The van der Waals surface area contributed by atoms with E-state index in [9.17, 15) is 10.5 Å². The van der Waals surface area contributed by atoms with E-state index in [1.165, 1.54) is 0 Å². The summed E-state index contributed by atoms with van der Waals surface area (Å²) in [5, 5.41) is 19.8. The number of aromatic nitrogens is 1. The summed E-state index contributed by atoms with van der Waals surface area (Å²) in [4.78, 5) is 0. The van der Waals surface area contributed by atoms with Crippen LogP contribution in [0.2, 0.25) is 5.02 Å². The highest BCUT2D eigenvalue weighted by atomic mass is 35.5. The van der Waals surface area contributed by atoms with Crippen molar-refractivity contribution in [2.75, 3.05) is 0 Å². The highest BCUT2D eigenvalue weighted by molar-refractivity contribution is 6.30. The van der Waals surface area contributed by atoms with Crippen LogP contribution in [0.3, 0.4) is 0 Å². The molecule has 0 unspecified atom stereocenters. The van der Waals surface area contributed by atoms with Gasteiger partial charge in [-0.2, -0.15) is 10.5 Å². The van der Waals surface area contributed by atoms with Gasteiger partial charge in [0.05, 0.1) is 11.6 Å². The Kier molecular flexibility index (Phi) is 4.95. The zero-order valence-electron chi connectivity index (χ0n) is 15.6. The van der Waals surface area contributed by atoms with Gasteiger partial charge in [0, 0.05) is 22.0 Å². The van der Waals surface area contributed by atoms with E-state index >= 15 is 0 Å². The molecule has 2 aromatic heterocycles. The fourth-order valence-corrected chi connectivity index (χ4v) is 3.24. The molecule has 2 heterocycles. The summed E-state index contributed by atoms with van der Waals surface area (Å²) >= 11 is 5.94. The monoisotopic (exact) mass is 375 g/mol. The van der Waals surface area contributed by atoms with E-state index in [4.69, 9.17) is 16.0 Å². The standard InChI is InChI=1S/C22H18ClN3O/c1-13-9-18(10-19(11-24)17-5-7-20(23)8-6-17)15(3)26(13)22-21(12-25)14(2)16(4)27-22/h5-10H,1-4H3/b19-10-. The first-order valence-corrected chi connectivity index (χ1v) is 8.82. The van der Waals surface area contributed by atoms with E-state index in [1.54, 1.807) is 12.1 Å². The van der Waals surface area contributed by atoms with Crippen LogP contribution in [-0.2, 0) is 0 Å². The van der Waals surface area contributed by atoms with Crippen molar-refractivity contribution in [3.8, 4) is 18.0 Å². The van der Waals surface area contributed by atoms with Crippen molar-refractivity contribution in [3.63, 3.8) is 0 Å². The molecule has 0 bridgehead atoms. The number of halogens is 1. The molecule has 0 amide bonds. The van der Waals surface area contributed by atoms with Gasteiger partial charge in [-0.1, -0.05) is 23.7 Å². The van der Waals surface area contributed by atoms with Crippen molar-refractivity contribution in [2.24, 2.45) is 0 Å². The van der Waals surface area contributed by atoms with E-state index in [0.717, 1.165) is 33.8 Å². The van der Waals surface area contributed by atoms with E-state index < -0.39 is 0 Å². The van der Waals surface area contributed by atoms with Gasteiger partial charge in [0.2, 0.25) is 5.88 Å². The number of allylic oxidation sites excluding steroid dienone is 1. The minimum absolute atomic E-state index is 0.521. The molecule has 3 rings (SSSR count). The van der Waals surface area contributed by atoms with Crippen LogP contribution in [-0.4, -0.2) is 4.57 Å². The lowest BCUT2D eigenvalue weighted by atomic mass is 10.0. The highest BCUT2D eigenvalue weighted by Crippen LogP contribution is 2.30. The van der Waals surface area contributed by atoms with Crippen molar-refractivity contribution < 1.29 is 4.42 Å². The summed E-state index contributed by atoms with van der Waals surface area (Å²) in [5.41, 5.74) is 5.44. The average molecular weight is 376 g/mol. The Morgan fingerprint density at radius 2 is 1.78 bits per heavy atom. The lowest BCUT2D eigenvalue weighted by Gasteiger charge is -2.06. The van der Waals surface area contributed by atoms with E-state index in [2.05, 4.69) is 12.1 Å². The summed E-state index contributed by atoms with van der Waals surface area (Å²) in [6, 6.07) is 13.6. The predicted octanol–water partition coefficient (Wildman–Crippen LogP) is 5.89. The molecular formula is C22H18ClN3O. The zero-order chi connectivity index (χ0) is 19.7. The molecule has 0 saturated heterocycles. The number of hydrogen-bond acceptors (Lipinski definition) is 3. The maximum absolute atomic E-state index is 9.60. The summed E-state index contributed by atoms with van der Waals surface area (Å²) in [5.74, 6) is 1.25. The average Bonchev–Trinajstić information content (AvgIpc) is 3.08. The first-order chi connectivity index (χ1) is 12.9. The van der Waals surface area contributed by atoms with Gasteiger partial charge in [0.25, 0.3) is 0 Å². The highest BCUT2D eigenvalue weighted by Gasteiger charge is 2.20. The maximum Gasteiger partial charge on any atom is 0.222 e. The Bertz CT molecular complexity index is 1130. The van der Waals surface area contributed by atoms with Crippen molar-refractivity contribution in [2.45, 2.75) is 27.7 Å². The molecule has 3 aromatic rings. The molecule has 0 spiro atoms. The van der Waals surface area contributed by atoms with E-state index in [1.807, 2.05) is 56.5 Å². The molecule has 0 fully saturated rings. The van der Waals surface area contributed by atoms with Crippen molar-refractivity contribution in [1.82, 2.24) is 4.57 Å². The molecule has 0 saturated carbocycles. The topological polar surface area (TPSA) is 65.7 Å². The Morgan fingerprint density at radius 3 is 2.37 bits per heavy atom. The molecule has 0 aliphatic heterocycles. The van der Waals surface area contributed by atoms with Crippen LogP contribution >= 0.6 is 11.6 Å². The molecule has 4 nitrogen and oxygen atoms in total. The van der Waals surface area contributed by atoms with E-state index in [0.29, 0.717) is 22.0 Å². The van der Waals surface area contributed by atoms with Crippen LogP contribution in [0, 0.1) is 50.4 Å². The lowest BCUT2D eigenvalue weighted by molar-refractivity contribution is 0.503. The molecular weight excluding hydrogens is 358 g/mol. The molecule has 27 heavy (non-hydrogen) atoms. The summed E-state index contributed by atoms with van der Waals surface area (Å²) < 4.78 is 7.78. The number of rotatable bonds is 3. The van der Waals surface area contributed by atoms with Crippen LogP contribution in [0.15, 0.2) is 34.7 Å². The number of hydrogen-bond donors (Lipinski definition) is 0. The van der Waals surface area contributed by atoms with Gasteiger partial charge in [0.1, 0.15) is 17.4 Å². The van der Waals surface area contributed by atoms with Crippen molar-refractivity contribution >= 4 is 23.3 Å². The van der Waals surface area contributed by atoms with Gasteiger partial charge in [-0.15, -0.1) is 0 Å². The smallest absolute Gasteiger partial charge is 0.222 e. The first kappa shape index (κ1) is 18.6. The summed E-state index contributed by atoms with van der Waals surface area (Å²) in [7, 11) is 0. The third-order valence-electron chi connectivity index (χ3n) is 4.73. The Balaban J connectivity index is 2.14. The van der Waals surface area contributed by atoms with Crippen molar-refractivity contribution in [3.05, 3.63) is 74.8 Å². The first-order valence-electron chi connectivity index (χ1n) is 8.44. The number of nitriles is 2. The third-order valence-corrected chi connectivity index (χ3v) is 4.98. The zero-order valence-corrected chi connectivity index (χ0v) is 16.3. The predicted molar refractivity (Wildman–Crippen MR) is 107 cm³/mol. The van der Waals surface area contributed by atoms with E-state index in [-0.39, 0.29) is 0 Å². The summed E-state index contributed by atoms with van der Waals surface area (Å²) in [6.07, 6.45) is 1.84. The second kappa shape index (κ2) is 7.19. The quantitative estimate of drug-likeness (QED) is 0.536. The Labute approximate surface area is 163 Å². The lowest BCUT2D eigenvalue weighted by Crippen LogP contribution is -2.00. The minimum atomic E-state index is 0.521. The second-order valence-corrected chi connectivity index (χ2v) is 6.85. The van der Waals surface area contributed by atoms with Gasteiger partial charge in [-0.05, 0) is 63.1 Å². The SMILES string of the molecule is Cc1oc(-n2c(C)cc(/C=C(/C#N)c3ccc(Cl)cc3)c2C)c(C#N)c1C. The van der Waals surface area contributed by atoms with Gasteiger partial charge >= 0.3 is 0 Å². The fourth-order valence-electron chi connectivity index (χ4n) is 3.11. The Morgan fingerprint density at radius 1 is 1.11 bits per heavy atom. The van der Waals surface area contributed by atoms with Gasteiger partial charge < -0.3 is 4.42 Å². The van der Waals surface area contributed by atoms with Gasteiger partial charge in [-0.3, -0.25) is 4.57 Å². The third kappa shape index (κ3) is 3.28. The maximum atomic E-state index is 9.60. The molecule has 1 aromatic carbocycles. The van der Waals surface area contributed by atoms with Gasteiger partial charge in [-0.25, -0.2) is 0 Å². The normalized spacial score (nSPS) is 11.3. The minimum Gasteiger partial charge on any atom is -0.443 e. The molecule has 0 N–H and O–H groups in total. The van der Waals surface area contributed by atoms with Crippen LogP contribution in [0.1, 0.15) is 39.4 Å². The molecule has 0 radical (unpaired) electrons. The fraction of sp³-hybridized carbons (Fsp3) is 0.182. The van der Waals surface area contributed by atoms with Crippen LogP contribution in [0.25, 0.3) is 17.5 Å². The summed E-state index contributed by atoms with van der Waals surface area (Å²) in [6.45, 7) is 7.63. The molecule has 134 valence electrons. The number of aryl methyl sites for hydroxylation is 2. The number of nitrogens with zero attached hydrogens (tertiary/aromatic N) is 3. The molecule has 0 aliphatic rings. The molecule has 0 atom stereocenters. The Hall–Kier alpha value is -3.21. The molecule has 0 aliphatic carbocycles. The molecule has 5 heteroatoms. The number of furan rings is 1. The van der Waals surface area contributed by atoms with Crippen LogP contribution in [0.5, 0.6) is 0 Å². The second-order valence-electron chi connectivity index (χ2n) is 6.41.